The van der Waals surface area contributed by atoms with Crippen LogP contribution in [0.15, 0.2) is 18.2 Å². The van der Waals surface area contributed by atoms with Crippen molar-refractivity contribution >= 4 is 18.5 Å². The van der Waals surface area contributed by atoms with Gasteiger partial charge >= 0.3 is 7.12 Å². The number of piperidine rings is 1. The molecule has 0 bridgehead atoms. The van der Waals surface area contributed by atoms with E-state index in [2.05, 4.69) is 0 Å². The molecular formula is C21H32BNO5. The van der Waals surface area contributed by atoms with Gasteiger partial charge in [-0.05, 0) is 63.7 Å². The third-order valence-electron chi connectivity index (χ3n) is 6.33. The van der Waals surface area contributed by atoms with Crippen LogP contribution in [0.4, 0.5) is 0 Å². The summed E-state index contributed by atoms with van der Waals surface area (Å²) in [5.41, 5.74) is 0.915. The van der Waals surface area contributed by atoms with E-state index in [4.69, 9.17) is 18.8 Å². The minimum atomic E-state index is -0.502. The van der Waals surface area contributed by atoms with Crippen LogP contribution in [-0.2, 0) is 25.3 Å². The lowest BCUT2D eigenvalue weighted by molar-refractivity contribution is -0.132. The van der Waals surface area contributed by atoms with Crippen LogP contribution >= 0.6 is 0 Å². The van der Waals surface area contributed by atoms with Gasteiger partial charge in [0.25, 0.3) is 0 Å². The summed E-state index contributed by atoms with van der Waals surface area (Å²) in [7, 11) is 2.86. The zero-order valence-corrected chi connectivity index (χ0v) is 17.9. The van der Waals surface area contributed by atoms with Gasteiger partial charge in [-0.3, -0.25) is 4.79 Å². The molecule has 28 heavy (non-hydrogen) atoms. The van der Waals surface area contributed by atoms with Gasteiger partial charge in [0.05, 0.1) is 30.8 Å². The molecule has 0 saturated carbocycles. The fourth-order valence-electron chi connectivity index (χ4n) is 3.68. The van der Waals surface area contributed by atoms with Crippen molar-refractivity contribution in [2.24, 2.45) is 0 Å². The molecule has 1 amide bonds. The van der Waals surface area contributed by atoms with Crippen molar-refractivity contribution in [1.82, 2.24) is 4.90 Å². The van der Waals surface area contributed by atoms with E-state index < -0.39 is 18.3 Å². The van der Waals surface area contributed by atoms with Crippen molar-refractivity contribution in [2.45, 2.75) is 64.3 Å². The summed E-state index contributed by atoms with van der Waals surface area (Å²) in [6.07, 6.45) is 2.31. The first-order chi connectivity index (χ1) is 13.2. The molecule has 0 N–H and O–H groups in total. The zero-order chi connectivity index (χ0) is 20.5. The van der Waals surface area contributed by atoms with Gasteiger partial charge < -0.3 is 23.7 Å². The molecule has 2 heterocycles. The summed E-state index contributed by atoms with van der Waals surface area (Å²) in [5.74, 6) is 0.835. The second-order valence-electron chi connectivity index (χ2n) is 8.65. The summed E-state index contributed by atoms with van der Waals surface area (Å²) in [4.78, 5) is 14.9. The highest BCUT2D eigenvalue weighted by molar-refractivity contribution is 6.62. The molecule has 1 aromatic carbocycles. The average Bonchev–Trinajstić information content (AvgIpc) is 2.88. The lowest BCUT2D eigenvalue weighted by Gasteiger charge is -2.32. The Morgan fingerprint density at radius 2 is 1.75 bits per heavy atom. The molecule has 2 aliphatic heterocycles. The first-order valence-corrected chi connectivity index (χ1v) is 10.00. The lowest BCUT2D eigenvalue weighted by Crippen LogP contribution is -2.43. The van der Waals surface area contributed by atoms with Crippen molar-refractivity contribution in [3.05, 3.63) is 23.8 Å². The summed E-state index contributed by atoms with van der Waals surface area (Å²) < 4.78 is 23.2. The highest BCUT2D eigenvalue weighted by Crippen LogP contribution is 2.37. The molecule has 0 unspecified atom stereocenters. The maximum Gasteiger partial charge on any atom is 0.495 e. The molecule has 3 rings (SSSR count). The number of amides is 1. The number of benzene rings is 1. The molecule has 6 nitrogen and oxygen atoms in total. The Labute approximate surface area is 168 Å². The highest BCUT2D eigenvalue weighted by Gasteiger charge is 2.52. The van der Waals surface area contributed by atoms with E-state index in [1.165, 1.54) is 0 Å². The van der Waals surface area contributed by atoms with Gasteiger partial charge in [0.15, 0.2) is 0 Å². The standard InChI is InChI=1S/C21H32BNO5/c1-20(2)21(3,4)28-22(27-20)18-8-7-17(26-6)13-15(18)14-19(24)23-11-9-16(25-5)10-12-23/h7-8,13,16H,9-12,14H2,1-6H3. The number of likely N-dealkylation sites (tertiary alicyclic amines) is 1. The van der Waals surface area contributed by atoms with Crippen molar-refractivity contribution in [3.8, 4) is 5.75 Å². The van der Waals surface area contributed by atoms with E-state index in [1.807, 2.05) is 50.8 Å². The van der Waals surface area contributed by atoms with Crippen LogP contribution in [0, 0.1) is 0 Å². The van der Waals surface area contributed by atoms with Gasteiger partial charge in [-0.15, -0.1) is 0 Å². The van der Waals surface area contributed by atoms with Crippen molar-refractivity contribution in [2.75, 3.05) is 27.3 Å². The monoisotopic (exact) mass is 389 g/mol. The van der Waals surface area contributed by atoms with E-state index in [-0.39, 0.29) is 12.0 Å². The Hall–Kier alpha value is -1.57. The molecule has 1 aromatic rings. The van der Waals surface area contributed by atoms with Gasteiger partial charge in [-0.2, -0.15) is 0 Å². The number of rotatable bonds is 5. The summed E-state index contributed by atoms with van der Waals surface area (Å²) in [5, 5.41) is 0. The van der Waals surface area contributed by atoms with Crippen molar-refractivity contribution < 1.29 is 23.6 Å². The second kappa shape index (κ2) is 8.05. The van der Waals surface area contributed by atoms with Crippen LogP contribution in [0.2, 0.25) is 0 Å². The van der Waals surface area contributed by atoms with Gasteiger partial charge in [-0.1, -0.05) is 6.07 Å². The quantitative estimate of drug-likeness (QED) is 0.723. The third kappa shape index (κ3) is 4.21. The lowest BCUT2D eigenvalue weighted by atomic mass is 9.75. The van der Waals surface area contributed by atoms with Crippen LogP contribution in [0.1, 0.15) is 46.1 Å². The molecule has 0 spiro atoms. The van der Waals surface area contributed by atoms with Gasteiger partial charge in [0, 0.05) is 20.2 Å². The van der Waals surface area contributed by atoms with Crippen molar-refractivity contribution in [1.29, 1.82) is 0 Å². The topological polar surface area (TPSA) is 57.2 Å². The first kappa shape index (κ1) is 21.2. The fraction of sp³-hybridized carbons (Fsp3) is 0.667. The minimum Gasteiger partial charge on any atom is -0.497 e. The maximum absolute atomic E-state index is 12.9. The number of nitrogens with zero attached hydrogens (tertiary/aromatic N) is 1. The fourth-order valence-corrected chi connectivity index (χ4v) is 3.68. The predicted molar refractivity (Wildman–Crippen MR) is 109 cm³/mol. The molecule has 154 valence electrons. The SMILES string of the molecule is COc1ccc(B2OC(C)(C)C(C)(C)O2)c(CC(=O)N2CCC(OC)CC2)c1. The third-order valence-corrected chi connectivity index (χ3v) is 6.33. The van der Waals surface area contributed by atoms with Crippen LogP contribution in [-0.4, -0.2) is 62.5 Å². The number of methoxy groups -OCH3 is 2. The van der Waals surface area contributed by atoms with E-state index in [1.54, 1.807) is 14.2 Å². The van der Waals surface area contributed by atoms with E-state index >= 15 is 0 Å². The molecule has 2 saturated heterocycles. The number of ether oxygens (including phenoxy) is 2. The molecule has 2 aliphatic rings. The summed E-state index contributed by atoms with van der Waals surface area (Å²) in [6, 6.07) is 5.75. The van der Waals surface area contributed by atoms with Gasteiger partial charge in [-0.25, -0.2) is 0 Å². The normalized spacial score (nSPS) is 21.8. The molecule has 0 atom stereocenters. The molecule has 7 heteroatoms. The predicted octanol–water partition coefficient (Wildman–Crippen LogP) is 2.17. The van der Waals surface area contributed by atoms with Crippen molar-refractivity contribution in [3.63, 3.8) is 0 Å². The Balaban J connectivity index is 1.79. The Kier molecular flexibility index (Phi) is 6.08. The molecule has 0 aliphatic carbocycles. The second-order valence-corrected chi connectivity index (χ2v) is 8.65. The summed E-state index contributed by atoms with van der Waals surface area (Å²) >= 11 is 0. The largest absolute Gasteiger partial charge is 0.497 e. The minimum absolute atomic E-state index is 0.112. The summed E-state index contributed by atoms with van der Waals surface area (Å²) in [6.45, 7) is 9.57. The Morgan fingerprint density at radius 1 is 1.14 bits per heavy atom. The average molecular weight is 389 g/mol. The van der Waals surface area contributed by atoms with E-state index in [0.29, 0.717) is 6.42 Å². The maximum atomic E-state index is 12.9. The van der Waals surface area contributed by atoms with Crippen LogP contribution < -0.4 is 10.2 Å². The number of hydrogen-bond acceptors (Lipinski definition) is 5. The zero-order valence-electron chi connectivity index (χ0n) is 17.9. The molecular weight excluding hydrogens is 357 g/mol. The van der Waals surface area contributed by atoms with Crippen LogP contribution in [0.3, 0.4) is 0 Å². The first-order valence-electron chi connectivity index (χ1n) is 10.00. The Morgan fingerprint density at radius 3 is 2.29 bits per heavy atom. The molecule has 0 aromatic heterocycles. The van der Waals surface area contributed by atoms with Gasteiger partial charge in [0.1, 0.15) is 5.75 Å². The Bertz CT molecular complexity index is 697. The van der Waals surface area contributed by atoms with Gasteiger partial charge in [0.2, 0.25) is 5.91 Å². The highest BCUT2D eigenvalue weighted by atomic mass is 16.7. The van der Waals surface area contributed by atoms with Crippen LogP contribution in [0.25, 0.3) is 0 Å². The number of carbonyl (C=O) groups is 1. The van der Waals surface area contributed by atoms with Crippen LogP contribution in [0.5, 0.6) is 5.75 Å². The van der Waals surface area contributed by atoms with E-state index in [9.17, 15) is 4.79 Å². The number of carbonyl (C=O) groups excluding carboxylic acids is 1. The molecule has 0 radical (unpaired) electrons. The van der Waals surface area contributed by atoms with E-state index in [0.717, 1.165) is 42.7 Å². The number of hydrogen-bond donors (Lipinski definition) is 0. The smallest absolute Gasteiger partial charge is 0.495 e. The molecule has 2 fully saturated rings.